The maximum atomic E-state index is 14.1. The molecule has 3 aromatic rings. The summed E-state index contributed by atoms with van der Waals surface area (Å²) in [5.41, 5.74) is 10.9. The Labute approximate surface area is 193 Å². The van der Waals surface area contributed by atoms with E-state index in [1.807, 2.05) is 13.8 Å². The molecule has 0 spiro atoms. The van der Waals surface area contributed by atoms with Crippen LogP contribution in [0.4, 0.5) is 15.8 Å². The van der Waals surface area contributed by atoms with Crippen LogP contribution < -0.4 is 21.7 Å². The van der Waals surface area contributed by atoms with Crippen molar-refractivity contribution in [1.29, 1.82) is 0 Å². The van der Waals surface area contributed by atoms with Gasteiger partial charge in [0.25, 0.3) is 17.7 Å². The second-order valence-corrected chi connectivity index (χ2v) is 8.46. The number of benzene rings is 1. The van der Waals surface area contributed by atoms with Crippen LogP contribution in [-0.4, -0.2) is 28.6 Å². The molecule has 0 saturated carbocycles. The molecule has 2 aromatic heterocycles. The summed E-state index contributed by atoms with van der Waals surface area (Å²) in [6, 6.07) is 7.04. The molecule has 3 amide bonds. The fourth-order valence-electron chi connectivity index (χ4n) is 3.15. The number of rotatable bonds is 9. The number of primary amides is 1. The number of carbonyl (C=O) groups is 3. The SMILES string of the molecule is CC(C)CCNC(=O)[C@H](c1ccco1)N(C(=O)c1snc(C(N)=O)c1N)c1cccc(F)c1. The molecule has 1 atom stereocenters. The molecular weight excluding hydrogens is 449 g/mol. The number of nitrogens with zero attached hydrogens (tertiary/aromatic N) is 2. The lowest BCUT2D eigenvalue weighted by molar-refractivity contribution is -0.122. The van der Waals surface area contributed by atoms with Crippen LogP contribution in [0.2, 0.25) is 0 Å². The van der Waals surface area contributed by atoms with E-state index in [2.05, 4.69) is 9.69 Å². The molecule has 2 heterocycles. The van der Waals surface area contributed by atoms with Crippen LogP contribution in [0.15, 0.2) is 47.1 Å². The number of carbonyl (C=O) groups excluding carboxylic acids is 3. The maximum Gasteiger partial charge on any atom is 0.273 e. The molecule has 0 bridgehead atoms. The van der Waals surface area contributed by atoms with Gasteiger partial charge in [-0.3, -0.25) is 19.3 Å². The van der Waals surface area contributed by atoms with E-state index >= 15 is 0 Å². The molecule has 0 aliphatic rings. The van der Waals surface area contributed by atoms with Gasteiger partial charge in [0.05, 0.1) is 12.0 Å². The highest BCUT2D eigenvalue weighted by Gasteiger charge is 2.37. The van der Waals surface area contributed by atoms with E-state index in [1.165, 1.54) is 30.5 Å². The summed E-state index contributed by atoms with van der Waals surface area (Å²) >= 11 is 0.665. The first-order valence-corrected chi connectivity index (χ1v) is 10.9. The van der Waals surface area contributed by atoms with E-state index in [9.17, 15) is 18.8 Å². The molecule has 0 fully saturated rings. The lowest BCUT2D eigenvalue weighted by Gasteiger charge is -2.29. The van der Waals surface area contributed by atoms with Gasteiger partial charge in [-0.1, -0.05) is 19.9 Å². The third-order valence-corrected chi connectivity index (χ3v) is 5.65. The first-order valence-electron chi connectivity index (χ1n) is 10.2. The van der Waals surface area contributed by atoms with Crippen LogP contribution in [0.3, 0.4) is 0 Å². The van der Waals surface area contributed by atoms with Crippen LogP contribution in [0, 0.1) is 11.7 Å². The van der Waals surface area contributed by atoms with Gasteiger partial charge in [0.2, 0.25) is 0 Å². The van der Waals surface area contributed by atoms with E-state index in [1.54, 1.807) is 6.07 Å². The van der Waals surface area contributed by atoms with Gasteiger partial charge < -0.3 is 21.2 Å². The van der Waals surface area contributed by atoms with Gasteiger partial charge >= 0.3 is 0 Å². The van der Waals surface area contributed by atoms with Crippen molar-refractivity contribution in [2.75, 3.05) is 17.2 Å². The molecule has 3 rings (SSSR count). The van der Waals surface area contributed by atoms with Crippen molar-refractivity contribution in [1.82, 2.24) is 9.69 Å². The third-order valence-electron chi connectivity index (χ3n) is 4.80. The van der Waals surface area contributed by atoms with Gasteiger partial charge in [0.15, 0.2) is 11.7 Å². The molecular formula is C22H24FN5O4S. The standard InChI is InChI=1S/C22H24FN5O4S/c1-12(2)8-9-26-21(30)18(15-7-4-10-32-15)28(14-6-3-5-13(23)11-14)22(31)19-16(24)17(20(25)29)27-33-19/h3-7,10-12,18H,8-9,24H2,1-2H3,(H2,25,29)(H,26,30)/t18-/m0/s1. The van der Waals surface area contributed by atoms with Crippen LogP contribution in [0.1, 0.15) is 52.2 Å². The molecule has 33 heavy (non-hydrogen) atoms. The van der Waals surface area contributed by atoms with Crippen molar-refractivity contribution in [2.45, 2.75) is 26.3 Å². The second kappa shape index (κ2) is 10.3. The maximum absolute atomic E-state index is 14.1. The zero-order valence-electron chi connectivity index (χ0n) is 18.1. The Hall–Kier alpha value is -3.73. The van der Waals surface area contributed by atoms with E-state index in [-0.39, 0.29) is 27.7 Å². The highest BCUT2D eigenvalue weighted by molar-refractivity contribution is 7.09. The lowest BCUT2D eigenvalue weighted by atomic mass is 10.1. The van der Waals surface area contributed by atoms with E-state index in [4.69, 9.17) is 15.9 Å². The summed E-state index contributed by atoms with van der Waals surface area (Å²) in [5.74, 6) is -2.29. The van der Waals surface area contributed by atoms with E-state index in [0.717, 1.165) is 11.0 Å². The van der Waals surface area contributed by atoms with Gasteiger partial charge in [-0.15, -0.1) is 0 Å². The van der Waals surface area contributed by atoms with E-state index in [0.29, 0.717) is 30.4 Å². The van der Waals surface area contributed by atoms with Gasteiger partial charge in [-0.2, -0.15) is 4.37 Å². The van der Waals surface area contributed by atoms with Crippen molar-refractivity contribution in [3.8, 4) is 0 Å². The Morgan fingerprint density at radius 1 is 1.24 bits per heavy atom. The number of halogens is 1. The average Bonchev–Trinajstić information content (AvgIpc) is 3.40. The monoisotopic (exact) mass is 473 g/mol. The summed E-state index contributed by atoms with van der Waals surface area (Å²) < 4.78 is 23.5. The Bertz CT molecular complexity index is 1150. The topological polar surface area (TPSA) is 145 Å². The molecule has 5 N–H and O–H groups in total. The zero-order chi connectivity index (χ0) is 24.1. The number of anilines is 2. The zero-order valence-corrected chi connectivity index (χ0v) is 18.9. The van der Waals surface area contributed by atoms with Gasteiger partial charge in [-0.25, -0.2) is 4.39 Å². The number of nitrogen functional groups attached to an aromatic ring is 1. The Morgan fingerprint density at radius 3 is 2.58 bits per heavy atom. The average molecular weight is 474 g/mol. The molecule has 9 nitrogen and oxygen atoms in total. The molecule has 0 radical (unpaired) electrons. The summed E-state index contributed by atoms with van der Waals surface area (Å²) in [6.07, 6.45) is 2.08. The van der Waals surface area contributed by atoms with Crippen molar-refractivity contribution >= 4 is 40.6 Å². The number of aromatic nitrogens is 1. The summed E-state index contributed by atoms with van der Waals surface area (Å²) in [6.45, 7) is 4.40. The van der Waals surface area contributed by atoms with Crippen molar-refractivity contribution in [3.05, 3.63) is 64.8 Å². The molecule has 0 unspecified atom stereocenters. The molecule has 0 aliphatic carbocycles. The highest BCUT2D eigenvalue weighted by atomic mass is 32.1. The number of nitrogens with two attached hydrogens (primary N) is 2. The van der Waals surface area contributed by atoms with Crippen LogP contribution >= 0.6 is 11.5 Å². The normalized spacial score (nSPS) is 11.9. The summed E-state index contributed by atoms with van der Waals surface area (Å²) in [7, 11) is 0. The largest absolute Gasteiger partial charge is 0.467 e. The third kappa shape index (κ3) is 5.37. The second-order valence-electron chi connectivity index (χ2n) is 7.68. The smallest absolute Gasteiger partial charge is 0.273 e. The molecule has 0 saturated heterocycles. The first-order chi connectivity index (χ1) is 15.7. The minimum Gasteiger partial charge on any atom is -0.467 e. The predicted octanol–water partition coefficient (Wildman–Crippen LogP) is 3.11. The minimum atomic E-state index is -1.28. The van der Waals surface area contributed by atoms with Gasteiger partial charge in [0, 0.05) is 12.2 Å². The fraction of sp³-hybridized carbons (Fsp3) is 0.273. The number of nitrogens with one attached hydrogen (secondary N) is 1. The van der Waals surface area contributed by atoms with Crippen molar-refractivity contribution < 1.29 is 23.2 Å². The number of amides is 3. The molecule has 1 aromatic carbocycles. The molecule has 174 valence electrons. The Morgan fingerprint density at radius 2 is 2.00 bits per heavy atom. The first kappa shape index (κ1) is 23.9. The Kier molecular flexibility index (Phi) is 7.44. The van der Waals surface area contributed by atoms with Gasteiger partial charge in [0.1, 0.15) is 16.5 Å². The predicted molar refractivity (Wildman–Crippen MR) is 122 cm³/mol. The Balaban J connectivity index is 2.10. The molecule has 11 heteroatoms. The van der Waals surface area contributed by atoms with Crippen LogP contribution in [0.5, 0.6) is 0 Å². The minimum absolute atomic E-state index is 0.0915. The summed E-state index contributed by atoms with van der Waals surface area (Å²) in [4.78, 5) is 39.5. The number of hydrogen-bond donors (Lipinski definition) is 3. The lowest BCUT2D eigenvalue weighted by Crippen LogP contribution is -2.44. The van der Waals surface area contributed by atoms with Crippen molar-refractivity contribution in [3.63, 3.8) is 0 Å². The fourth-order valence-corrected chi connectivity index (χ4v) is 3.89. The van der Waals surface area contributed by atoms with E-state index < -0.39 is 29.6 Å². The quantitative estimate of drug-likeness (QED) is 0.435. The number of hydrogen-bond acceptors (Lipinski definition) is 7. The highest BCUT2D eigenvalue weighted by Crippen LogP contribution is 2.33. The van der Waals surface area contributed by atoms with Crippen molar-refractivity contribution in [2.24, 2.45) is 11.7 Å². The number of furan rings is 1. The van der Waals surface area contributed by atoms with Gasteiger partial charge in [-0.05, 0) is 54.2 Å². The molecule has 0 aliphatic heterocycles. The van der Waals surface area contributed by atoms with Crippen LogP contribution in [0.25, 0.3) is 0 Å². The van der Waals surface area contributed by atoms with Crippen LogP contribution in [-0.2, 0) is 4.79 Å². The summed E-state index contributed by atoms with van der Waals surface area (Å²) in [5, 5.41) is 2.81.